The van der Waals surface area contributed by atoms with E-state index in [0.29, 0.717) is 24.2 Å². The first-order valence-electron chi connectivity index (χ1n) is 6.17. The van der Waals surface area contributed by atoms with Crippen LogP contribution in [0.25, 0.3) is 0 Å². The van der Waals surface area contributed by atoms with E-state index in [-0.39, 0.29) is 11.8 Å². The molecule has 1 amide bonds. The molecular formula is C14H16FNO3. The van der Waals surface area contributed by atoms with Gasteiger partial charge in [-0.3, -0.25) is 9.59 Å². The molecule has 1 aromatic carbocycles. The van der Waals surface area contributed by atoms with Crippen molar-refractivity contribution in [2.24, 2.45) is 11.8 Å². The number of carbonyl (C=O) groups excluding carboxylic acids is 1. The van der Waals surface area contributed by atoms with Crippen molar-refractivity contribution in [2.75, 3.05) is 13.1 Å². The minimum Gasteiger partial charge on any atom is -0.481 e. The average molecular weight is 265 g/mol. The summed E-state index contributed by atoms with van der Waals surface area (Å²) in [6.45, 7) is 4.20. The van der Waals surface area contributed by atoms with E-state index in [2.05, 4.69) is 0 Å². The molecule has 1 atom stereocenters. The van der Waals surface area contributed by atoms with Crippen LogP contribution >= 0.6 is 0 Å². The predicted octanol–water partition coefficient (Wildman–Crippen LogP) is 1.93. The smallest absolute Gasteiger partial charge is 0.306 e. The average Bonchev–Trinajstić information content (AvgIpc) is 2.25. The summed E-state index contributed by atoms with van der Waals surface area (Å²) in [5, 5.41) is 8.88. The highest BCUT2D eigenvalue weighted by Gasteiger charge is 2.37. The van der Waals surface area contributed by atoms with Gasteiger partial charge >= 0.3 is 5.97 Å². The number of rotatable bonds is 3. The molecule has 1 aliphatic heterocycles. The number of carboxylic acid groups (broad SMARTS) is 1. The third-order valence-electron chi connectivity index (χ3n) is 3.58. The van der Waals surface area contributed by atoms with Crippen LogP contribution in [0.2, 0.25) is 0 Å². The summed E-state index contributed by atoms with van der Waals surface area (Å²) in [5.74, 6) is -2.00. The van der Waals surface area contributed by atoms with Gasteiger partial charge in [0.15, 0.2) is 0 Å². The Kier molecular flexibility index (Phi) is 3.55. The first kappa shape index (κ1) is 13.5. The van der Waals surface area contributed by atoms with Crippen LogP contribution in [-0.4, -0.2) is 35.0 Å². The predicted molar refractivity (Wildman–Crippen MR) is 67.3 cm³/mol. The zero-order valence-corrected chi connectivity index (χ0v) is 10.9. The maximum absolute atomic E-state index is 13.2. The molecule has 1 heterocycles. The number of carbonyl (C=O) groups is 2. The Labute approximate surface area is 110 Å². The molecule has 1 aliphatic rings. The summed E-state index contributed by atoms with van der Waals surface area (Å²) in [7, 11) is 0. The number of nitrogens with zero attached hydrogens (tertiary/aromatic N) is 1. The fraction of sp³-hybridized carbons (Fsp3) is 0.429. The number of amides is 1. The van der Waals surface area contributed by atoms with Crippen molar-refractivity contribution in [2.45, 2.75) is 13.8 Å². The second kappa shape index (κ2) is 4.99. The second-order valence-electron chi connectivity index (χ2n) is 5.11. The van der Waals surface area contributed by atoms with Gasteiger partial charge in [0.2, 0.25) is 0 Å². The Morgan fingerprint density at radius 1 is 1.37 bits per heavy atom. The van der Waals surface area contributed by atoms with Crippen molar-refractivity contribution in [3.05, 3.63) is 35.1 Å². The number of aliphatic carboxylic acids is 1. The Hall–Kier alpha value is -1.91. The van der Waals surface area contributed by atoms with Crippen molar-refractivity contribution < 1.29 is 19.1 Å². The number of hydrogen-bond donors (Lipinski definition) is 1. The lowest BCUT2D eigenvalue weighted by Gasteiger charge is -2.41. The van der Waals surface area contributed by atoms with E-state index >= 15 is 0 Å². The van der Waals surface area contributed by atoms with Crippen LogP contribution in [0.4, 0.5) is 4.39 Å². The lowest BCUT2D eigenvalue weighted by molar-refractivity contribution is -0.144. The monoisotopic (exact) mass is 265 g/mol. The van der Waals surface area contributed by atoms with Crippen molar-refractivity contribution in [1.29, 1.82) is 0 Å². The highest BCUT2D eigenvalue weighted by molar-refractivity contribution is 5.95. The van der Waals surface area contributed by atoms with Crippen LogP contribution in [0.1, 0.15) is 22.8 Å². The van der Waals surface area contributed by atoms with Gasteiger partial charge in [0.1, 0.15) is 5.82 Å². The number of halogens is 1. The van der Waals surface area contributed by atoms with Crippen molar-refractivity contribution in [1.82, 2.24) is 4.90 Å². The molecule has 0 aromatic heterocycles. The maximum atomic E-state index is 13.2. The van der Waals surface area contributed by atoms with Gasteiger partial charge < -0.3 is 10.0 Å². The van der Waals surface area contributed by atoms with Gasteiger partial charge in [0.05, 0.1) is 5.92 Å². The first-order valence-corrected chi connectivity index (χ1v) is 6.17. The summed E-state index contributed by atoms with van der Waals surface area (Å²) in [6, 6.07) is 4.21. The third kappa shape index (κ3) is 2.75. The van der Waals surface area contributed by atoms with Crippen LogP contribution in [0, 0.1) is 24.6 Å². The highest BCUT2D eigenvalue weighted by atomic mass is 19.1. The van der Waals surface area contributed by atoms with E-state index < -0.39 is 17.7 Å². The zero-order valence-electron chi connectivity index (χ0n) is 10.9. The van der Waals surface area contributed by atoms with Crippen molar-refractivity contribution in [3.8, 4) is 0 Å². The molecule has 19 heavy (non-hydrogen) atoms. The standard InChI is InChI=1S/C14H16FNO3/c1-8-3-10(5-12(15)4-8)13(17)16-6-11(7-16)9(2)14(18)19/h3-5,9,11H,6-7H2,1-2H3,(H,18,19). The summed E-state index contributed by atoms with van der Waals surface area (Å²) >= 11 is 0. The van der Waals surface area contributed by atoms with Gasteiger partial charge in [0.25, 0.3) is 5.91 Å². The maximum Gasteiger partial charge on any atom is 0.306 e. The molecule has 0 spiro atoms. The molecule has 0 radical (unpaired) electrons. The molecule has 1 aromatic rings. The normalized spacial score (nSPS) is 16.9. The SMILES string of the molecule is Cc1cc(F)cc(C(=O)N2CC(C(C)C(=O)O)C2)c1. The van der Waals surface area contributed by atoms with E-state index in [0.717, 1.165) is 0 Å². The lowest BCUT2D eigenvalue weighted by Crippen LogP contribution is -2.53. The zero-order chi connectivity index (χ0) is 14.2. The van der Waals surface area contributed by atoms with Crippen LogP contribution in [0.15, 0.2) is 18.2 Å². The van der Waals surface area contributed by atoms with Gasteiger partial charge in [-0.1, -0.05) is 6.92 Å². The van der Waals surface area contributed by atoms with Crippen molar-refractivity contribution in [3.63, 3.8) is 0 Å². The summed E-state index contributed by atoms with van der Waals surface area (Å²) in [6.07, 6.45) is 0. The van der Waals surface area contributed by atoms with Gasteiger partial charge in [-0.25, -0.2) is 4.39 Å². The quantitative estimate of drug-likeness (QED) is 0.908. The minimum absolute atomic E-state index is 0.0175. The molecule has 2 rings (SSSR count). The van der Waals surface area contributed by atoms with Crippen LogP contribution in [-0.2, 0) is 4.79 Å². The fourth-order valence-electron chi connectivity index (χ4n) is 2.24. The Morgan fingerprint density at radius 2 is 2.00 bits per heavy atom. The first-order chi connectivity index (χ1) is 8.88. The number of likely N-dealkylation sites (tertiary alicyclic amines) is 1. The third-order valence-corrected chi connectivity index (χ3v) is 3.58. The molecule has 0 aliphatic carbocycles. The van der Waals surface area contributed by atoms with E-state index in [1.165, 1.54) is 12.1 Å². The van der Waals surface area contributed by atoms with Gasteiger partial charge in [-0.05, 0) is 30.7 Å². The Bertz CT molecular complexity index is 503. The van der Waals surface area contributed by atoms with Crippen molar-refractivity contribution >= 4 is 11.9 Å². The molecule has 0 bridgehead atoms. The van der Waals surface area contributed by atoms with E-state index in [9.17, 15) is 14.0 Å². The van der Waals surface area contributed by atoms with Crippen LogP contribution < -0.4 is 0 Å². The van der Waals surface area contributed by atoms with Crippen LogP contribution in [0.5, 0.6) is 0 Å². The molecule has 102 valence electrons. The molecule has 1 N–H and O–H groups in total. The molecule has 5 heteroatoms. The summed E-state index contributed by atoms with van der Waals surface area (Å²) < 4.78 is 13.2. The molecule has 1 unspecified atom stereocenters. The van der Waals surface area contributed by atoms with E-state index in [1.54, 1.807) is 24.8 Å². The second-order valence-corrected chi connectivity index (χ2v) is 5.11. The molecule has 1 saturated heterocycles. The van der Waals surface area contributed by atoms with Gasteiger partial charge in [-0.15, -0.1) is 0 Å². The number of carboxylic acids is 1. The topological polar surface area (TPSA) is 57.6 Å². The Morgan fingerprint density at radius 3 is 2.53 bits per heavy atom. The number of aryl methyl sites for hydroxylation is 1. The minimum atomic E-state index is -0.848. The lowest BCUT2D eigenvalue weighted by atomic mass is 9.86. The molecule has 1 fully saturated rings. The fourth-order valence-corrected chi connectivity index (χ4v) is 2.24. The summed E-state index contributed by atoms with van der Waals surface area (Å²) in [4.78, 5) is 24.5. The van der Waals surface area contributed by atoms with Crippen LogP contribution in [0.3, 0.4) is 0 Å². The number of benzene rings is 1. The van der Waals surface area contributed by atoms with E-state index in [1.807, 2.05) is 0 Å². The Balaban J connectivity index is 2.02. The van der Waals surface area contributed by atoms with Gasteiger partial charge in [-0.2, -0.15) is 0 Å². The molecular weight excluding hydrogens is 249 g/mol. The largest absolute Gasteiger partial charge is 0.481 e. The molecule has 0 saturated carbocycles. The highest BCUT2D eigenvalue weighted by Crippen LogP contribution is 2.26. The van der Waals surface area contributed by atoms with Gasteiger partial charge in [0, 0.05) is 24.6 Å². The number of hydrogen-bond acceptors (Lipinski definition) is 2. The van der Waals surface area contributed by atoms with E-state index in [4.69, 9.17) is 5.11 Å². The summed E-state index contributed by atoms with van der Waals surface area (Å²) in [5.41, 5.74) is 1.01. The molecule has 4 nitrogen and oxygen atoms in total.